The van der Waals surface area contributed by atoms with Gasteiger partial charge < -0.3 is 5.32 Å². The number of hydrogen-bond donors (Lipinski definition) is 1. The van der Waals surface area contributed by atoms with Crippen molar-refractivity contribution in [2.75, 3.05) is 19.6 Å². The van der Waals surface area contributed by atoms with Crippen LogP contribution in [-0.2, 0) is 0 Å². The largest absolute Gasteiger partial charge is 0.303 e. The maximum absolute atomic E-state index is 3.81. The molecule has 1 saturated heterocycles. The van der Waals surface area contributed by atoms with E-state index in [-0.39, 0.29) is 0 Å². The van der Waals surface area contributed by atoms with Gasteiger partial charge in [-0.2, -0.15) is 0 Å². The molecular weight excluding hydrogens is 284 g/mol. The van der Waals surface area contributed by atoms with Gasteiger partial charge in [-0.15, -0.1) is 22.7 Å². The van der Waals surface area contributed by atoms with Gasteiger partial charge in [-0.05, 0) is 48.8 Å². The third-order valence-electron chi connectivity index (χ3n) is 4.12. The van der Waals surface area contributed by atoms with Crippen molar-refractivity contribution in [2.45, 2.75) is 31.8 Å². The lowest BCUT2D eigenvalue weighted by molar-refractivity contribution is 0.257. The molecule has 0 saturated carbocycles. The van der Waals surface area contributed by atoms with Crippen LogP contribution >= 0.6 is 22.7 Å². The Morgan fingerprint density at radius 2 is 1.95 bits per heavy atom. The van der Waals surface area contributed by atoms with Crippen molar-refractivity contribution in [3.05, 3.63) is 44.8 Å². The molecule has 1 unspecified atom stereocenters. The molecule has 0 spiro atoms. The van der Waals surface area contributed by atoms with Gasteiger partial charge in [0.1, 0.15) is 0 Å². The Morgan fingerprint density at radius 1 is 1.25 bits per heavy atom. The molecule has 0 amide bonds. The number of nitrogens with zero attached hydrogens (tertiary/aromatic N) is 1. The summed E-state index contributed by atoms with van der Waals surface area (Å²) in [6.45, 7) is 5.81. The van der Waals surface area contributed by atoms with Crippen LogP contribution in [0.4, 0.5) is 0 Å². The second kappa shape index (κ2) is 6.85. The van der Waals surface area contributed by atoms with E-state index in [1.807, 2.05) is 22.7 Å². The molecule has 1 fully saturated rings. The first-order valence-electron chi connectivity index (χ1n) is 7.42. The first kappa shape index (κ1) is 14.3. The lowest BCUT2D eigenvalue weighted by Crippen LogP contribution is -2.39. The van der Waals surface area contributed by atoms with Crippen LogP contribution in [0.5, 0.6) is 0 Å². The van der Waals surface area contributed by atoms with Gasteiger partial charge in [-0.3, -0.25) is 4.90 Å². The second-order valence-electron chi connectivity index (χ2n) is 5.30. The van der Waals surface area contributed by atoms with Crippen LogP contribution < -0.4 is 5.32 Å². The normalized spacial score (nSPS) is 20.0. The van der Waals surface area contributed by atoms with Crippen molar-refractivity contribution >= 4 is 22.7 Å². The first-order valence-corrected chi connectivity index (χ1v) is 9.18. The maximum atomic E-state index is 3.81. The molecule has 2 aromatic rings. The SMILES string of the molecule is CCN1CCCC1CNC(c1cccs1)c1cccs1. The van der Waals surface area contributed by atoms with Gasteiger partial charge in [0.2, 0.25) is 0 Å². The monoisotopic (exact) mass is 306 g/mol. The molecule has 1 N–H and O–H groups in total. The van der Waals surface area contributed by atoms with E-state index < -0.39 is 0 Å². The number of nitrogens with one attached hydrogen (secondary N) is 1. The van der Waals surface area contributed by atoms with Gasteiger partial charge in [0, 0.05) is 22.3 Å². The van der Waals surface area contributed by atoms with Crippen LogP contribution in [-0.4, -0.2) is 30.6 Å². The predicted molar refractivity (Wildman–Crippen MR) is 88.8 cm³/mol. The minimum absolute atomic E-state index is 0.370. The van der Waals surface area contributed by atoms with Crippen LogP contribution in [0.2, 0.25) is 0 Å². The van der Waals surface area contributed by atoms with Crippen LogP contribution in [0.25, 0.3) is 0 Å². The van der Waals surface area contributed by atoms with Crippen molar-refractivity contribution in [3.63, 3.8) is 0 Å². The Bertz CT molecular complexity index is 458. The molecule has 108 valence electrons. The number of likely N-dealkylation sites (N-methyl/N-ethyl adjacent to an activating group) is 1. The zero-order chi connectivity index (χ0) is 13.8. The fraction of sp³-hybridized carbons (Fsp3) is 0.500. The van der Waals surface area contributed by atoms with Gasteiger partial charge in [-0.25, -0.2) is 0 Å². The molecule has 2 nitrogen and oxygen atoms in total. The predicted octanol–water partition coefficient (Wildman–Crippen LogP) is 3.97. The van der Waals surface area contributed by atoms with E-state index in [4.69, 9.17) is 0 Å². The molecule has 3 heterocycles. The van der Waals surface area contributed by atoms with Crippen LogP contribution in [0.15, 0.2) is 35.0 Å². The molecule has 1 aliphatic rings. The van der Waals surface area contributed by atoms with Crippen molar-refractivity contribution in [1.29, 1.82) is 0 Å². The number of likely N-dealkylation sites (tertiary alicyclic amines) is 1. The highest BCUT2D eigenvalue weighted by Gasteiger charge is 2.24. The fourth-order valence-electron chi connectivity index (χ4n) is 3.05. The summed E-state index contributed by atoms with van der Waals surface area (Å²) in [5.74, 6) is 0. The summed E-state index contributed by atoms with van der Waals surface area (Å²) in [7, 11) is 0. The maximum Gasteiger partial charge on any atom is 0.0765 e. The van der Waals surface area contributed by atoms with Crippen LogP contribution in [0.3, 0.4) is 0 Å². The topological polar surface area (TPSA) is 15.3 Å². The molecule has 0 aliphatic carbocycles. The van der Waals surface area contributed by atoms with Crippen molar-refractivity contribution in [1.82, 2.24) is 10.2 Å². The summed E-state index contributed by atoms with van der Waals surface area (Å²) in [6, 6.07) is 9.87. The Morgan fingerprint density at radius 3 is 2.50 bits per heavy atom. The first-order chi connectivity index (χ1) is 9.88. The van der Waals surface area contributed by atoms with Crippen LogP contribution in [0.1, 0.15) is 35.6 Å². The van der Waals surface area contributed by atoms with Gasteiger partial charge in [0.05, 0.1) is 6.04 Å². The van der Waals surface area contributed by atoms with E-state index in [0.717, 1.165) is 6.54 Å². The molecule has 0 bridgehead atoms. The zero-order valence-corrected chi connectivity index (χ0v) is 13.6. The molecule has 1 atom stereocenters. The molecule has 0 radical (unpaired) electrons. The summed E-state index contributed by atoms with van der Waals surface area (Å²) >= 11 is 3.70. The van der Waals surface area contributed by atoms with E-state index in [9.17, 15) is 0 Å². The van der Waals surface area contributed by atoms with E-state index >= 15 is 0 Å². The number of rotatable bonds is 6. The molecule has 2 aromatic heterocycles. The van der Waals surface area contributed by atoms with E-state index in [0.29, 0.717) is 12.1 Å². The van der Waals surface area contributed by atoms with Crippen molar-refractivity contribution < 1.29 is 0 Å². The summed E-state index contributed by atoms with van der Waals surface area (Å²) in [6.07, 6.45) is 2.69. The van der Waals surface area contributed by atoms with E-state index in [2.05, 4.69) is 52.2 Å². The third kappa shape index (κ3) is 3.14. The highest BCUT2D eigenvalue weighted by atomic mass is 32.1. The minimum Gasteiger partial charge on any atom is -0.303 e. The van der Waals surface area contributed by atoms with E-state index in [1.54, 1.807) is 0 Å². The molecule has 20 heavy (non-hydrogen) atoms. The third-order valence-corrected chi connectivity index (χ3v) is 5.99. The standard InChI is InChI=1S/C16H22N2S2/c1-2-18-9-3-6-13(18)12-17-16(14-7-4-10-19-14)15-8-5-11-20-15/h4-5,7-8,10-11,13,16-17H,2-3,6,9,12H2,1H3. The second-order valence-corrected chi connectivity index (χ2v) is 7.26. The quantitative estimate of drug-likeness (QED) is 0.868. The molecule has 4 heteroatoms. The lowest BCUT2D eigenvalue weighted by Gasteiger charge is -2.25. The Kier molecular flexibility index (Phi) is 4.89. The van der Waals surface area contributed by atoms with Crippen molar-refractivity contribution in [3.8, 4) is 0 Å². The Hall–Kier alpha value is -0.680. The van der Waals surface area contributed by atoms with Gasteiger partial charge in [0.25, 0.3) is 0 Å². The molecule has 0 aromatic carbocycles. The Labute approximate surface area is 129 Å². The summed E-state index contributed by atoms with van der Waals surface area (Å²) in [5, 5.41) is 8.15. The van der Waals surface area contributed by atoms with Gasteiger partial charge >= 0.3 is 0 Å². The summed E-state index contributed by atoms with van der Waals surface area (Å²) in [4.78, 5) is 5.45. The number of thiophene rings is 2. The fourth-order valence-corrected chi connectivity index (χ4v) is 4.76. The van der Waals surface area contributed by atoms with Gasteiger partial charge in [-0.1, -0.05) is 19.1 Å². The van der Waals surface area contributed by atoms with Crippen LogP contribution in [0, 0.1) is 0 Å². The summed E-state index contributed by atoms with van der Waals surface area (Å²) < 4.78 is 0. The average Bonchev–Trinajstić information content (AvgIpc) is 3.22. The van der Waals surface area contributed by atoms with Gasteiger partial charge in [0.15, 0.2) is 0 Å². The smallest absolute Gasteiger partial charge is 0.0765 e. The van der Waals surface area contributed by atoms with E-state index in [1.165, 1.54) is 35.7 Å². The number of hydrogen-bond acceptors (Lipinski definition) is 4. The molecule has 3 rings (SSSR count). The lowest BCUT2D eigenvalue weighted by atomic mass is 10.1. The molecular formula is C16H22N2S2. The molecule has 1 aliphatic heterocycles. The summed E-state index contributed by atoms with van der Waals surface area (Å²) in [5.41, 5.74) is 0. The Balaban J connectivity index is 1.68. The highest BCUT2D eigenvalue weighted by Crippen LogP contribution is 2.29. The zero-order valence-electron chi connectivity index (χ0n) is 11.9. The minimum atomic E-state index is 0.370. The average molecular weight is 307 g/mol. The van der Waals surface area contributed by atoms with Crippen molar-refractivity contribution in [2.24, 2.45) is 0 Å². The highest BCUT2D eigenvalue weighted by molar-refractivity contribution is 7.11.